The number of hydrogen-bond acceptors (Lipinski definition) is 8. The molecule has 11 heteroatoms. The summed E-state index contributed by atoms with van der Waals surface area (Å²) in [5.74, 6) is 1.65. The van der Waals surface area contributed by atoms with Gasteiger partial charge in [0.2, 0.25) is 5.88 Å². The van der Waals surface area contributed by atoms with Crippen molar-refractivity contribution in [1.29, 1.82) is 0 Å². The Kier molecular flexibility index (Phi) is 6.28. The highest BCUT2D eigenvalue weighted by molar-refractivity contribution is 6.30. The van der Waals surface area contributed by atoms with E-state index in [9.17, 15) is 4.79 Å². The summed E-state index contributed by atoms with van der Waals surface area (Å²) in [5.41, 5.74) is 3.26. The van der Waals surface area contributed by atoms with Gasteiger partial charge in [0.25, 0.3) is 5.91 Å². The molecule has 1 amide bonds. The van der Waals surface area contributed by atoms with E-state index in [1.54, 1.807) is 17.2 Å². The zero-order valence-electron chi connectivity index (χ0n) is 21.4. The molecule has 1 aliphatic heterocycles. The molecule has 0 radical (unpaired) electrons. The molecule has 4 heterocycles. The Bertz CT molecular complexity index is 1480. The SMILES string of the molecule is COc1ncc(-c2nc3c(n2C(C)C)C(c2ccc(Cl)cc2)N(c2cc(C)nc(C)n2)C3=O)c(OC)n1. The summed E-state index contributed by atoms with van der Waals surface area (Å²) in [6.45, 7) is 7.76. The van der Waals surface area contributed by atoms with Gasteiger partial charge in [-0.1, -0.05) is 23.7 Å². The highest BCUT2D eigenvalue weighted by Gasteiger charge is 2.45. The topological polar surface area (TPSA) is 108 Å². The molecular weight excluding hydrogens is 494 g/mol. The molecule has 4 aromatic rings. The first-order chi connectivity index (χ1) is 17.7. The van der Waals surface area contributed by atoms with Gasteiger partial charge in [-0.3, -0.25) is 9.69 Å². The molecule has 0 N–H and O–H groups in total. The normalized spacial score (nSPS) is 14.9. The number of ether oxygens (including phenoxy) is 2. The number of benzene rings is 1. The quantitative estimate of drug-likeness (QED) is 0.359. The number of rotatable bonds is 6. The standard InChI is InChI=1S/C26H26ClN7O3/c1-13(2)33-22-20(31-23(33)18-12-28-26(37-6)32-24(18)36-5)25(35)34(19-11-14(3)29-15(4)30-19)21(22)16-7-9-17(27)10-8-16/h7-13,21H,1-6H3. The zero-order valence-corrected chi connectivity index (χ0v) is 22.1. The van der Waals surface area contributed by atoms with Crippen LogP contribution >= 0.6 is 11.6 Å². The fourth-order valence-electron chi connectivity index (χ4n) is 4.70. The van der Waals surface area contributed by atoms with Crippen LogP contribution in [0.4, 0.5) is 5.82 Å². The first-order valence-electron chi connectivity index (χ1n) is 11.7. The lowest BCUT2D eigenvalue weighted by Gasteiger charge is -2.28. The third-order valence-electron chi connectivity index (χ3n) is 6.14. The summed E-state index contributed by atoms with van der Waals surface area (Å²) in [6, 6.07) is 8.87. The van der Waals surface area contributed by atoms with Crippen molar-refractivity contribution in [1.82, 2.24) is 29.5 Å². The maximum absolute atomic E-state index is 14.0. The van der Waals surface area contributed by atoms with Crippen LogP contribution in [0.25, 0.3) is 11.4 Å². The number of methoxy groups -OCH3 is 2. The molecule has 0 bridgehead atoms. The molecule has 3 aromatic heterocycles. The highest BCUT2D eigenvalue weighted by atomic mass is 35.5. The van der Waals surface area contributed by atoms with Gasteiger partial charge in [-0.2, -0.15) is 4.98 Å². The van der Waals surface area contributed by atoms with E-state index in [2.05, 4.69) is 19.9 Å². The van der Waals surface area contributed by atoms with Gasteiger partial charge in [-0.05, 0) is 45.4 Å². The van der Waals surface area contributed by atoms with Gasteiger partial charge in [0, 0.05) is 29.0 Å². The smallest absolute Gasteiger partial charge is 0.319 e. The number of aromatic nitrogens is 6. The number of aryl methyl sites for hydroxylation is 2. The van der Waals surface area contributed by atoms with E-state index < -0.39 is 6.04 Å². The van der Waals surface area contributed by atoms with Crippen molar-refractivity contribution in [3.05, 3.63) is 70.0 Å². The lowest BCUT2D eigenvalue weighted by molar-refractivity contribution is 0.0988. The molecule has 0 saturated carbocycles. The molecule has 0 saturated heterocycles. The van der Waals surface area contributed by atoms with Gasteiger partial charge in [-0.25, -0.2) is 19.9 Å². The lowest BCUT2D eigenvalue weighted by atomic mass is 10.0. The third kappa shape index (κ3) is 4.17. The van der Waals surface area contributed by atoms with Crippen LogP contribution in [0.5, 0.6) is 11.9 Å². The number of hydrogen-bond donors (Lipinski definition) is 0. The fourth-order valence-corrected chi connectivity index (χ4v) is 4.82. The number of anilines is 1. The van der Waals surface area contributed by atoms with E-state index in [4.69, 9.17) is 26.1 Å². The second kappa shape index (κ2) is 9.44. The average molecular weight is 520 g/mol. The number of halogens is 1. The summed E-state index contributed by atoms with van der Waals surface area (Å²) in [7, 11) is 3.00. The van der Waals surface area contributed by atoms with E-state index in [1.807, 2.05) is 56.5 Å². The Hall–Kier alpha value is -4.05. The number of nitrogens with zero attached hydrogens (tertiary/aromatic N) is 7. The molecule has 5 rings (SSSR count). The van der Waals surface area contributed by atoms with Crippen molar-refractivity contribution in [2.75, 3.05) is 19.1 Å². The van der Waals surface area contributed by atoms with Crippen LogP contribution in [-0.2, 0) is 0 Å². The monoisotopic (exact) mass is 519 g/mol. The Morgan fingerprint density at radius 2 is 1.73 bits per heavy atom. The van der Waals surface area contributed by atoms with Crippen LogP contribution in [0.15, 0.2) is 36.5 Å². The maximum atomic E-state index is 14.0. The summed E-state index contributed by atoms with van der Waals surface area (Å²) < 4.78 is 12.7. The van der Waals surface area contributed by atoms with Crippen molar-refractivity contribution < 1.29 is 14.3 Å². The van der Waals surface area contributed by atoms with E-state index in [0.717, 1.165) is 17.0 Å². The summed E-state index contributed by atoms with van der Waals surface area (Å²) in [6.07, 6.45) is 1.59. The van der Waals surface area contributed by atoms with Crippen molar-refractivity contribution in [3.63, 3.8) is 0 Å². The number of imidazole rings is 1. The van der Waals surface area contributed by atoms with E-state index in [0.29, 0.717) is 39.6 Å². The summed E-state index contributed by atoms with van der Waals surface area (Å²) in [4.78, 5) is 38.1. The zero-order chi connectivity index (χ0) is 26.4. The van der Waals surface area contributed by atoms with Crippen LogP contribution in [0, 0.1) is 13.8 Å². The van der Waals surface area contributed by atoms with Crippen LogP contribution in [-0.4, -0.2) is 49.6 Å². The third-order valence-corrected chi connectivity index (χ3v) is 6.39. The van der Waals surface area contributed by atoms with Gasteiger partial charge in [0.15, 0.2) is 5.69 Å². The molecule has 1 aliphatic rings. The minimum atomic E-state index is -0.498. The predicted octanol–water partition coefficient (Wildman–Crippen LogP) is 4.75. The molecule has 1 aromatic carbocycles. The van der Waals surface area contributed by atoms with Gasteiger partial charge in [0.05, 0.1) is 25.5 Å². The first-order valence-corrected chi connectivity index (χ1v) is 12.1. The van der Waals surface area contributed by atoms with Crippen molar-refractivity contribution >= 4 is 23.3 Å². The number of carbonyl (C=O) groups excluding carboxylic acids is 1. The summed E-state index contributed by atoms with van der Waals surface area (Å²) >= 11 is 6.21. The number of fused-ring (bicyclic) bond motifs is 1. The Labute approximate surface area is 219 Å². The van der Waals surface area contributed by atoms with Crippen molar-refractivity contribution in [2.24, 2.45) is 0 Å². The van der Waals surface area contributed by atoms with Crippen LogP contribution in [0.1, 0.15) is 59.2 Å². The molecule has 0 fully saturated rings. The minimum absolute atomic E-state index is 0.0607. The Morgan fingerprint density at radius 3 is 2.35 bits per heavy atom. The van der Waals surface area contributed by atoms with Gasteiger partial charge < -0.3 is 14.0 Å². The van der Waals surface area contributed by atoms with Crippen LogP contribution in [0.2, 0.25) is 5.02 Å². The van der Waals surface area contributed by atoms with Gasteiger partial charge >= 0.3 is 6.01 Å². The number of carbonyl (C=O) groups is 1. The fraction of sp³-hybridized carbons (Fsp3) is 0.308. The second-order valence-corrected chi connectivity index (χ2v) is 9.39. The molecule has 1 unspecified atom stereocenters. The Morgan fingerprint density at radius 1 is 1.00 bits per heavy atom. The van der Waals surface area contributed by atoms with Crippen molar-refractivity contribution in [3.8, 4) is 23.3 Å². The number of amides is 1. The predicted molar refractivity (Wildman–Crippen MR) is 138 cm³/mol. The Balaban J connectivity index is 1.78. The lowest BCUT2D eigenvalue weighted by Crippen LogP contribution is -2.31. The van der Waals surface area contributed by atoms with Gasteiger partial charge in [-0.15, -0.1) is 0 Å². The molecule has 10 nitrogen and oxygen atoms in total. The van der Waals surface area contributed by atoms with Gasteiger partial charge in [0.1, 0.15) is 23.5 Å². The molecule has 0 spiro atoms. The van der Waals surface area contributed by atoms with Crippen molar-refractivity contribution in [2.45, 2.75) is 39.8 Å². The molecule has 1 atom stereocenters. The van der Waals surface area contributed by atoms with E-state index >= 15 is 0 Å². The van der Waals surface area contributed by atoms with Crippen LogP contribution in [0.3, 0.4) is 0 Å². The first kappa shape index (κ1) is 24.6. The van der Waals surface area contributed by atoms with E-state index in [1.165, 1.54) is 14.2 Å². The van der Waals surface area contributed by atoms with E-state index in [-0.39, 0.29) is 18.0 Å². The summed E-state index contributed by atoms with van der Waals surface area (Å²) in [5, 5.41) is 0.603. The molecule has 190 valence electrons. The maximum Gasteiger partial charge on any atom is 0.319 e. The molecule has 0 aliphatic carbocycles. The minimum Gasteiger partial charge on any atom is -0.480 e. The highest BCUT2D eigenvalue weighted by Crippen LogP contribution is 2.45. The molecular formula is C26H26ClN7O3. The average Bonchev–Trinajstić information content (AvgIpc) is 3.38. The van der Waals surface area contributed by atoms with Crippen LogP contribution < -0.4 is 14.4 Å². The largest absolute Gasteiger partial charge is 0.480 e. The molecule has 37 heavy (non-hydrogen) atoms. The second-order valence-electron chi connectivity index (χ2n) is 8.96.